The molecule has 0 saturated carbocycles. The number of ether oxygens (including phenoxy) is 2. The first-order valence-electron chi connectivity index (χ1n) is 11.3. The molecular weight excluding hydrogens is 424 g/mol. The second-order valence-electron chi connectivity index (χ2n) is 8.21. The zero-order chi connectivity index (χ0) is 24.4. The molecule has 0 aliphatic heterocycles. The molecule has 8 heteroatoms. The Balaban J connectivity index is 2.19. The number of fused-ring (bicyclic) bond motifs is 1. The zero-order valence-corrected chi connectivity index (χ0v) is 19.7. The maximum atomic E-state index is 13.1. The fourth-order valence-corrected chi connectivity index (χ4v) is 3.48. The largest absolute Gasteiger partial charge is 0.464 e. The summed E-state index contributed by atoms with van der Waals surface area (Å²) >= 11 is 0. The van der Waals surface area contributed by atoms with Gasteiger partial charge >= 0.3 is 18.0 Å². The number of urea groups is 1. The lowest BCUT2D eigenvalue weighted by molar-refractivity contribution is -0.153. The van der Waals surface area contributed by atoms with Crippen LogP contribution in [0.1, 0.15) is 33.3 Å². The standard InChI is InChI=1S/C25H34N2O6/c1-5-32-23(29)21(14-18-11-12-19-9-7-8-10-20(19)13-18)26-25(31)27(15-17(3)4)16-22(28)24(30)33-6-2/h7-13,17,21-22,28H,5-6,14-16H2,1-4H3,(H,26,31)/t21-,22?/m0/s1. The molecule has 2 N–H and O–H groups in total. The van der Waals surface area contributed by atoms with Gasteiger partial charge in [-0.25, -0.2) is 14.4 Å². The van der Waals surface area contributed by atoms with E-state index in [1.807, 2.05) is 56.3 Å². The summed E-state index contributed by atoms with van der Waals surface area (Å²) in [7, 11) is 0. The average molecular weight is 459 g/mol. The summed E-state index contributed by atoms with van der Waals surface area (Å²) < 4.78 is 10.0. The van der Waals surface area contributed by atoms with E-state index in [-0.39, 0.29) is 38.6 Å². The van der Waals surface area contributed by atoms with Crippen molar-refractivity contribution in [2.45, 2.75) is 46.3 Å². The summed E-state index contributed by atoms with van der Waals surface area (Å²) in [5.74, 6) is -1.27. The molecule has 0 fully saturated rings. The molecule has 180 valence electrons. The van der Waals surface area contributed by atoms with Crippen molar-refractivity contribution in [3.8, 4) is 0 Å². The molecule has 33 heavy (non-hydrogen) atoms. The van der Waals surface area contributed by atoms with Crippen LogP contribution in [0.3, 0.4) is 0 Å². The molecule has 0 bridgehead atoms. The third-order valence-electron chi connectivity index (χ3n) is 4.95. The van der Waals surface area contributed by atoms with E-state index in [1.165, 1.54) is 4.90 Å². The van der Waals surface area contributed by atoms with E-state index < -0.39 is 30.1 Å². The number of hydrogen-bond acceptors (Lipinski definition) is 6. The Hall–Kier alpha value is -3.13. The van der Waals surface area contributed by atoms with Crippen LogP contribution >= 0.6 is 0 Å². The third-order valence-corrected chi connectivity index (χ3v) is 4.95. The second kappa shape index (κ2) is 12.8. The fraction of sp³-hybridized carbons (Fsp3) is 0.480. The maximum Gasteiger partial charge on any atom is 0.336 e. The normalized spacial score (nSPS) is 12.8. The molecule has 0 spiro atoms. The van der Waals surface area contributed by atoms with Crippen LogP contribution in [0.25, 0.3) is 10.8 Å². The average Bonchev–Trinajstić information content (AvgIpc) is 2.78. The lowest BCUT2D eigenvalue weighted by Gasteiger charge is -2.28. The smallest absolute Gasteiger partial charge is 0.336 e. The first kappa shape index (κ1) is 26.1. The van der Waals surface area contributed by atoms with Crippen LogP contribution in [0.2, 0.25) is 0 Å². The predicted molar refractivity (Wildman–Crippen MR) is 126 cm³/mol. The van der Waals surface area contributed by atoms with Crippen molar-refractivity contribution in [2.24, 2.45) is 5.92 Å². The Morgan fingerprint density at radius 3 is 2.21 bits per heavy atom. The number of rotatable bonds is 11. The summed E-state index contributed by atoms with van der Waals surface area (Å²) in [5.41, 5.74) is 0.869. The number of nitrogens with zero attached hydrogens (tertiary/aromatic N) is 1. The van der Waals surface area contributed by atoms with Gasteiger partial charge in [-0.05, 0) is 36.1 Å². The van der Waals surface area contributed by atoms with Gasteiger partial charge in [-0.2, -0.15) is 0 Å². The molecule has 2 rings (SSSR count). The van der Waals surface area contributed by atoms with Crippen molar-refractivity contribution in [3.63, 3.8) is 0 Å². The van der Waals surface area contributed by atoms with E-state index in [0.717, 1.165) is 16.3 Å². The highest BCUT2D eigenvalue weighted by Crippen LogP contribution is 2.17. The highest BCUT2D eigenvalue weighted by atomic mass is 16.5. The van der Waals surface area contributed by atoms with Crippen LogP contribution in [0.5, 0.6) is 0 Å². The summed E-state index contributed by atoms with van der Waals surface area (Å²) in [6.45, 7) is 7.52. The molecule has 2 atom stereocenters. The van der Waals surface area contributed by atoms with Gasteiger partial charge in [0.25, 0.3) is 0 Å². The van der Waals surface area contributed by atoms with Crippen LogP contribution in [0.4, 0.5) is 4.79 Å². The highest BCUT2D eigenvalue weighted by Gasteiger charge is 2.28. The molecule has 2 aromatic rings. The first-order valence-corrected chi connectivity index (χ1v) is 11.3. The minimum absolute atomic E-state index is 0.0756. The number of benzene rings is 2. The van der Waals surface area contributed by atoms with Gasteiger partial charge in [0.1, 0.15) is 6.04 Å². The van der Waals surface area contributed by atoms with Gasteiger partial charge in [-0.15, -0.1) is 0 Å². The van der Waals surface area contributed by atoms with E-state index in [1.54, 1.807) is 13.8 Å². The molecule has 0 saturated heterocycles. The SMILES string of the molecule is CCOC(=O)C(O)CN(CC(C)C)C(=O)N[C@@H](Cc1ccc2ccccc2c1)C(=O)OCC. The number of nitrogens with one attached hydrogen (secondary N) is 1. The zero-order valence-electron chi connectivity index (χ0n) is 19.7. The Bertz CT molecular complexity index is 945. The van der Waals surface area contributed by atoms with Crippen molar-refractivity contribution in [1.29, 1.82) is 0 Å². The third kappa shape index (κ3) is 8.05. The predicted octanol–water partition coefficient (Wildman–Crippen LogP) is 2.91. The summed E-state index contributed by atoms with van der Waals surface area (Å²) in [6.07, 6.45) is -1.23. The van der Waals surface area contributed by atoms with Crippen LogP contribution < -0.4 is 5.32 Å². The van der Waals surface area contributed by atoms with Gasteiger partial charge < -0.3 is 24.8 Å². The second-order valence-corrected chi connectivity index (χ2v) is 8.21. The van der Waals surface area contributed by atoms with Crippen LogP contribution in [-0.2, 0) is 25.5 Å². The number of amides is 2. The van der Waals surface area contributed by atoms with E-state index in [2.05, 4.69) is 5.32 Å². The van der Waals surface area contributed by atoms with Crippen molar-refractivity contribution in [3.05, 3.63) is 48.0 Å². The van der Waals surface area contributed by atoms with Crippen molar-refractivity contribution < 1.29 is 29.0 Å². The Morgan fingerprint density at radius 1 is 0.939 bits per heavy atom. The van der Waals surface area contributed by atoms with E-state index >= 15 is 0 Å². The van der Waals surface area contributed by atoms with E-state index in [9.17, 15) is 19.5 Å². The van der Waals surface area contributed by atoms with Gasteiger partial charge in [0.2, 0.25) is 0 Å². The summed E-state index contributed by atoms with van der Waals surface area (Å²) in [5, 5.41) is 15.0. The number of carbonyl (C=O) groups excluding carboxylic acids is 3. The van der Waals surface area contributed by atoms with E-state index in [4.69, 9.17) is 9.47 Å². The van der Waals surface area contributed by atoms with Crippen LogP contribution in [-0.4, -0.2) is 66.4 Å². The molecule has 2 aromatic carbocycles. The molecule has 2 amide bonds. The fourth-order valence-electron chi connectivity index (χ4n) is 3.48. The number of aliphatic hydroxyl groups is 1. The molecule has 0 radical (unpaired) electrons. The van der Waals surface area contributed by atoms with Crippen molar-refractivity contribution in [1.82, 2.24) is 10.2 Å². The summed E-state index contributed by atoms with van der Waals surface area (Å²) in [4.78, 5) is 38.9. The van der Waals surface area contributed by atoms with Crippen LogP contribution in [0.15, 0.2) is 42.5 Å². The molecule has 1 unspecified atom stereocenters. The molecule has 0 heterocycles. The Morgan fingerprint density at radius 2 is 1.58 bits per heavy atom. The Labute approximate surface area is 194 Å². The lowest BCUT2D eigenvalue weighted by Crippen LogP contribution is -2.52. The Kier molecular flexibility index (Phi) is 10.1. The maximum absolute atomic E-state index is 13.1. The van der Waals surface area contributed by atoms with Crippen molar-refractivity contribution in [2.75, 3.05) is 26.3 Å². The molecular formula is C25H34N2O6. The molecule has 8 nitrogen and oxygen atoms in total. The first-order chi connectivity index (χ1) is 15.7. The summed E-state index contributed by atoms with van der Waals surface area (Å²) in [6, 6.07) is 12.3. The van der Waals surface area contributed by atoms with Gasteiger partial charge in [-0.3, -0.25) is 0 Å². The number of hydrogen-bond donors (Lipinski definition) is 2. The van der Waals surface area contributed by atoms with E-state index in [0.29, 0.717) is 0 Å². The minimum Gasteiger partial charge on any atom is -0.464 e. The monoisotopic (exact) mass is 458 g/mol. The van der Waals surface area contributed by atoms with Gasteiger partial charge in [-0.1, -0.05) is 56.3 Å². The quantitative estimate of drug-likeness (QED) is 0.502. The highest BCUT2D eigenvalue weighted by molar-refractivity contribution is 5.86. The molecule has 0 aliphatic carbocycles. The lowest BCUT2D eigenvalue weighted by atomic mass is 10.0. The van der Waals surface area contributed by atoms with Gasteiger partial charge in [0.15, 0.2) is 6.10 Å². The molecule has 0 aromatic heterocycles. The van der Waals surface area contributed by atoms with Gasteiger partial charge in [0.05, 0.1) is 19.8 Å². The van der Waals surface area contributed by atoms with Gasteiger partial charge in [0, 0.05) is 13.0 Å². The minimum atomic E-state index is -1.48. The number of esters is 2. The number of aliphatic hydroxyl groups excluding tert-OH is 1. The molecule has 0 aliphatic rings. The van der Waals surface area contributed by atoms with Crippen molar-refractivity contribution >= 4 is 28.7 Å². The number of carbonyl (C=O) groups is 3. The van der Waals surface area contributed by atoms with Crippen LogP contribution in [0, 0.1) is 5.92 Å². The topological polar surface area (TPSA) is 105 Å².